The Bertz CT molecular complexity index is 647. The Morgan fingerprint density at radius 3 is 2.90 bits per heavy atom. The molecular formula is C14H15BrClN3OS. The minimum atomic E-state index is -0.121. The van der Waals surface area contributed by atoms with Crippen molar-refractivity contribution in [3.05, 3.63) is 43.6 Å². The molecule has 1 N–H and O–H groups in total. The van der Waals surface area contributed by atoms with Crippen molar-refractivity contribution < 1.29 is 4.79 Å². The maximum Gasteiger partial charge on any atom is 0.255 e. The smallest absolute Gasteiger partial charge is 0.255 e. The van der Waals surface area contributed by atoms with Gasteiger partial charge in [-0.05, 0) is 45.9 Å². The van der Waals surface area contributed by atoms with E-state index in [0.717, 1.165) is 15.9 Å². The van der Waals surface area contributed by atoms with E-state index in [-0.39, 0.29) is 5.91 Å². The van der Waals surface area contributed by atoms with E-state index in [0.29, 0.717) is 22.9 Å². The molecule has 0 saturated heterocycles. The zero-order chi connectivity index (χ0) is 15.4. The summed E-state index contributed by atoms with van der Waals surface area (Å²) in [7, 11) is 1.76. The van der Waals surface area contributed by atoms with Gasteiger partial charge in [0.1, 0.15) is 5.82 Å². The van der Waals surface area contributed by atoms with Gasteiger partial charge in [0.2, 0.25) is 0 Å². The van der Waals surface area contributed by atoms with Gasteiger partial charge < -0.3 is 10.2 Å². The molecule has 0 unspecified atom stereocenters. The molecule has 0 radical (unpaired) electrons. The topological polar surface area (TPSA) is 45.2 Å². The molecule has 2 heterocycles. The first-order chi connectivity index (χ1) is 10.0. The molecule has 112 valence electrons. The average Bonchev–Trinajstić information content (AvgIpc) is 2.85. The van der Waals surface area contributed by atoms with Crippen LogP contribution in [0.4, 0.5) is 5.82 Å². The lowest BCUT2D eigenvalue weighted by atomic mass is 10.2. The molecule has 21 heavy (non-hydrogen) atoms. The number of anilines is 1. The fourth-order valence-corrected chi connectivity index (χ4v) is 3.24. The highest BCUT2D eigenvalue weighted by Gasteiger charge is 2.17. The van der Waals surface area contributed by atoms with Gasteiger partial charge in [0.05, 0.1) is 14.4 Å². The fourth-order valence-electron chi connectivity index (χ4n) is 1.86. The highest BCUT2D eigenvalue weighted by molar-refractivity contribution is 9.11. The summed E-state index contributed by atoms with van der Waals surface area (Å²) < 4.78 is 1.05. The summed E-state index contributed by atoms with van der Waals surface area (Å²) >= 11 is 11.1. The predicted molar refractivity (Wildman–Crippen MR) is 91.2 cm³/mol. The minimum absolute atomic E-state index is 0.121. The maximum absolute atomic E-state index is 12.5. The highest BCUT2D eigenvalue weighted by atomic mass is 79.9. The molecule has 0 aliphatic rings. The van der Waals surface area contributed by atoms with Crippen molar-refractivity contribution in [1.29, 1.82) is 0 Å². The summed E-state index contributed by atoms with van der Waals surface area (Å²) in [5.41, 5.74) is 1.54. The number of thiophene rings is 1. The van der Waals surface area contributed by atoms with E-state index in [9.17, 15) is 4.79 Å². The molecule has 0 aliphatic carbocycles. The Hall–Kier alpha value is -1.11. The lowest BCUT2D eigenvalue weighted by molar-refractivity contribution is 0.0785. The normalized spacial score (nSPS) is 10.5. The first-order valence-corrected chi connectivity index (χ1v) is 8.44. The molecular weight excluding hydrogens is 374 g/mol. The molecule has 0 aliphatic heterocycles. The number of nitrogens with zero attached hydrogens (tertiary/aromatic N) is 2. The third-order valence-electron chi connectivity index (χ3n) is 2.83. The van der Waals surface area contributed by atoms with E-state index >= 15 is 0 Å². The maximum atomic E-state index is 12.5. The third-order valence-corrected chi connectivity index (χ3v) is 4.69. The summed E-state index contributed by atoms with van der Waals surface area (Å²) in [6, 6.07) is 3.70. The molecule has 2 rings (SSSR count). The fraction of sp³-hybridized carbons (Fsp3) is 0.286. The van der Waals surface area contributed by atoms with Crippen LogP contribution in [0.2, 0.25) is 5.02 Å². The van der Waals surface area contributed by atoms with Gasteiger partial charge in [0.15, 0.2) is 0 Å². The van der Waals surface area contributed by atoms with E-state index in [2.05, 4.69) is 26.2 Å². The van der Waals surface area contributed by atoms with Gasteiger partial charge in [0, 0.05) is 26.3 Å². The lowest BCUT2D eigenvalue weighted by Gasteiger charge is -2.17. The van der Waals surface area contributed by atoms with Crippen LogP contribution >= 0.6 is 38.9 Å². The Labute approximate surface area is 141 Å². The number of pyridine rings is 1. The summed E-state index contributed by atoms with van der Waals surface area (Å²) in [4.78, 5) is 18.3. The molecule has 0 saturated carbocycles. The Kier molecular flexibility index (Phi) is 5.61. The van der Waals surface area contributed by atoms with Crippen molar-refractivity contribution in [3.8, 4) is 0 Å². The number of rotatable bonds is 5. The van der Waals surface area contributed by atoms with Crippen LogP contribution in [-0.4, -0.2) is 29.4 Å². The van der Waals surface area contributed by atoms with Crippen molar-refractivity contribution in [2.24, 2.45) is 0 Å². The van der Waals surface area contributed by atoms with E-state index in [1.165, 1.54) is 6.20 Å². The van der Waals surface area contributed by atoms with Crippen LogP contribution in [0.1, 0.15) is 22.8 Å². The summed E-state index contributed by atoms with van der Waals surface area (Å²) in [5, 5.41) is 5.46. The van der Waals surface area contributed by atoms with Crippen LogP contribution in [0.25, 0.3) is 0 Å². The van der Waals surface area contributed by atoms with Crippen molar-refractivity contribution in [3.63, 3.8) is 0 Å². The SMILES string of the molecule is CCNc1cc(C(=O)N(C)Cc2csc(Br)c2)c(Cl)cn1. The van der Waals surface area contributed by atoms with Gasteiger partial charge in [-0.1, -0.05) is 11.6 Å². The van der Waals surface area contributed by atoms with E-state index < -0.39 is 0 Å². The number of hydrogen-bond acceptors (Lipinski definition) is 4. The number of hydrogen-bond donors (Lipinski definition) is 1. The van der Waals surface area contributed by atoms with Crippen LogP contribution in [0.15, 0.2) is 27.5 Å². The molecule has 1 amide bonds. The molecule has 0 spiro atoms. The monoisotopic (exact) mass is 387 g/mol. The number of carbonyl (C=O) groups is 1. The van der Waals surface area contributed by atoms with Crippen LogP contribution in [0.5, 0.6) is 0 Å². The highest BCUT2D eigenvalue weighted by Crippen LogP contribution is 2.23. The number of nitrogens with one attached hydrogen (secondary N) is 1. The van der Waals surface area contributed by atoms with Gasteiger partial charge in [-0.15, -0.1) is 11.3 Å². The molecule has 4 nitrogen and oxygen atoms in total. The second kappa shape index (κ2) is 7.24. The van der Waals surface area contributed by atoms with E-state index in [1.54, 1.807) is 29.4 Å². The zero-order valence-electron chi connectivity index (χ0n) is 11.7. The van der Waals surface area contributed by atoms with Crippen molar-refractivity contribution in [1.82, 2.24) is 9.88 Å². The van der Waals surface area contributed by atoms with Gasteiger partial charge >= 0.3 is 0 Å². The second-order valence-corrected chi connectivity index (χ2v) is 7.20. The first-order valence-electron chi connectivity index (χ1n) is 6.39. The molecule has 0 fully saturated rings. The Morgan fingerprint density at radius 2 is 2.29 bits per heavy atom. The zero-order valence-corrected chi connectivity index (χ0v) is 14.8. The first kappa shape index (κ1) is 16.3. The molecule has 0 aromatic carbocycles. The third kappa shape index (κ3) is 4.18. The van der Waals surface area contributed by atoms with Gasteiger partial charge in [-0.2, -0.15) is 0 Å². The van der Waals surface area contributed by atoms with Gasteiger partial charge in [0.25, 0.3) is 5.91 Å². The van der Waals surface area contributed by atoms with Crippen LogP contribution in [0, 0.1) is 0 Å². The number of amides is 1. The molecule has 0 bridgehead atoms. The van der Waals surface area contributed by atoms with E-state index in [1.807, 2.05) is 18.4 Å². The molecule has 2 aromatic rings. The number of carbonyl (C=O) groups excluding carboxylic acids is 1. The molecule has 2 aromatic heterocycles. The summed E-state index contributed by atoms with van der Waals surface area (Å²) in [6.45, 7) is 3.25. The number of aromatic nitrogens is 1. The summed E-state index contributed by atoms with van der Waals surface area (Å²) in [6.07, 6.45) is 1.50. The van der Waals surface area contributed by atoms with E-state index in [4.69, 9.17) is 11.6 Å². The quantitative estimate of drug-likeness (QED) is 0.832. The van der Waals surface area contributed by atoms with Gasteiger partial charge in [-0.3, -0.25) is 4.79 Å². The largest absolute Gasteiger partial charge is 0.370 e. The van der Waals surface area contributed by atoms with Crippen molar-refractivity contribution >= 4 is 50.6 Å². The standard InChI is InChI=1S/C14H15BrClN3OS/c1-3-17-13-5-10(11(16)6-18-13)14(20)19(2)7-9-4-12(15)21-8-9/h4-6,8H,3,7H2,1-2H3,(H,17,18). The Balaban J connectivity index is 2.16. The van der Waals surface area contributed by atoms with Crippen LogP contribution in [0.3, 0.4) is 0 Å². The van der Waals surface area contributed by atoms with Crippen LogP contribution in [-0.2, 0) is 6.54 Å². The number of halogens is 2. The molecule has 7 heteroatoms. The van der Waals surface area contributed by atoms with Gasteiger partial charge in [-0.25, -0.2) is 4.98 Å². The van der Waals surface area contributed by atoms with Crippen molar-refractivity contribution in [2.75, 3.05) is 18.9 Å². The summed E-state index contributed by atoms with van der Waals surface area (Å²) in [5.74, 6) is 0.529. The predicted octanol–water partition coefficient (Wildman–Crippen LogP) is 4.26. The Morgan fingerprint density at radius 1 is 1.52 bits per heavy atom. The second-order valence-electron chi connectivity index (χ2n) is 4.50. The molecule has 0 atom stereocenters. The van der Waals surface area contributed by atoms with Crippen LogP contribution < -0.4 is 5.32 Å². The lowest BCUT2D eigenvalue weighted by Crippen LogP contribution is -2.26. The minimum Gasteiger partial charge on any atom is -0.370 e. The average molecular weight is 389 g/mol. The van der Waals surface area contributed by atoms with Crippen molar-refractivity contribution in [2.45, 2.75) is 13.5 Å².